The molecule has 0 bridgehead atoms. The van der Waals surface area contributed by atoms with Crippen molar-refractivity contribution in [3.63, 3.8) is 0 Å². The fourth-order valence-corrected chi connectivity index (χ4v) is 2.39. The fourth-order valence-electron chi connectivity index (χ4n) is 2.39. The molecule has 2 rings (SSSR count). The Morgan fingerprint density at radius 3 is 2.81 bits per heavy atom. The normalized spacial score (nSPS) is 21.9. The van der Waals surface area contributed by atoms with Gasteiger partial charge in [0.15, 0.2) is 6.61 Å². The second-order valence-corrected chi connectivity index (χ2v) is 5.32. The molecule has 6 nitrogen and oxygen atoms in total. The van der Waals surface area contributed by atoms with E-state index in [2.05, 4.69) is 0 Å². The van der Waals surface area contributed by atoms with Gasteiger partial charge in [-0.15, -0.1) is 0 Å². The zero-order valence-electron chi connectivity index (χ0n) is 12.0. The highest BCUT2D eigenvalue weighted by Gasteiger charge is 2.27. The van der Waals surface area contributed by atoms with Crippen molar-refractivity contribution < 1.29 is 19.4 Å². The van der Waals surface area contributed by atoms with Gasteiger partial charge in [0, 0.05) is 13.1 Å². The fraction of sp³-hybridized carbons (Fsp3) is 0.467. The highest BCUT2D eigenvalue weighted by atomic mass is 16.5. The van der Waals surface area contributed by atoms with E-state index in [9.17, 15) is 14.7 Å². The summed E-state index contributed by atoms with van der Waals surface area (Å²) < 4.78 is 5.42. The van der Waals surface area contributed by atoms with E-state index in [0.29, 0.717) is 25.3 Å². The van der Waals surface area contributed by atoms with Crippen molar-refractivity contribution in [1.29, 1.82) is 0 Å². The minimum absolute atomic E-state index is 0.0561. The summed E-state index contributed by atoms with van der Waals surface area (Å²) in [4.78, 5) is 25.0. The molecule has 114 valence electrons. The monoisotopic (exact) mass is 292 g/mol. The molecule has 0 aliphatic carbocycles. The number of rotatable bonds is 4. The van der Waals surface area contributed by atoms with Crippen LogP contribution in [0.25, 0.3) is 0 Å². The Balaban J connectivity index is 1.94. The number of aliphatic hydroxyl groups excluding tert-OH is 1. The van der Waals surface area contributed by atoms with E-state index < -0.39 is 5.91 Å². The Labute approximate surface area is 123 Å². The molecule has 2 atom stereocenters. The first-order valence-corrected chi connectivity index (χ1v) is 6.96. The highest BCUT2D eigenvalue weighted by Crippen LogP contribution is 2.19. The molecule has 1 heterocycles. The van der Waals surface area contributed by atoms with Gasteiger partial charge in [0.2, 0.25) is 0 Å². The lowest BCUT2D eigenvalue weighted by atomic mass is 9.97. The minimum atomic E-state index is -0.590. The van der Waals surface area contributed by atoms with Crippen molar-refractivity contribution in [2.45, 2.75) is 19.4 Å². The first-order valence-electron chi connectivity index (χ1n) is 6.96. The van der Waals surface area contributed by atoms with Crippen LogP contribution in [-0.4, -0.2) is 47.6 Å². The number of nitrogens with two attached hydrogens (primary N) is 1. The second-order valence-electron chi connectivity index (χ2n) is 5.32. The van der Waals surface area contributed by atoms with Gasteiger partial charge in [-0.2, -0.15) is 0 Å². The van der Waals surface area contributed by atoms with E-state index in [0.717, 1.165) is 0 Å². The van der Waals surface area contributed by atoms with Gasteiger partial charge in [0.25, 0.3) is 11.8 Å². The Morgan fingerprint density at radius 1 is 1.43 bits per heavy atom. The third-order valence-corrected chi connectivity index (χ3v) is 3.72. The van der Waals surface area contributed by atoms with Crippen LogP contribution in [0.4, 0.5) is 0 Å². The topological polar surface area (TPSA) is 92.9 Å². The van der Waals surface area contributed by atoms with Gasteiger partial charge in [-0.1, -0.05) is 19.1 Å². The third-order valence-electron chi connectivity index (χ3n) is 3.72. The summed E-state index contributed by atoms with van der Waals surface area (Å²) in [5.41, 5.74) is 5.51. The number of hydrogen-bond acceptors (Lipinski definition) is 4. The summed E-state index contributed by atoms with van der Waals surface area (Å²) in [6, 6.07) is 6.56. The van der Waals surface area contributed by atoms with E-state index >= 15 is 0 Å². The number of carbonyl (C=O) groups excluding carboxylic acids is 2. The molecule has 0 saturated carbocycles. The summed E-state index contributed by atoms with van der Waals surface area (Å²) in [5, 5.41) is 9.66. The minimum Gasteiger partial charge on any atom is -0.483 e. The molecule has 0 aromatic heterocycles. The molecule has 6 heteroatoms. The van der Waals surface area contributed by atoms with Crippen LogP contribution in [0.15, 0.2) is 24.3 Å². The van der Waals surface area contributed by atoms with Gasteiger partial charge >= 0.3 is 0 Å². The maximum absolute atomic E-state index is 12.1. The van der Waals surface area contributed by atoms with Gasteiger partial charge in [-0.3, -0.25) is 9.59 Å². The van der Waals surface area contributed by atoms with Crippen LogP contribution in [0.1, 0.15) is 23.7 Å². The summed E-state index contributed by atoms with van der Waals surface area (Å²) in [5.74, 6) is -0.384. The van der Waals surface area contributed by atoms with Crippen LogP contribution in [0.3, 0.4) is 0 Å². The maximum atomic E-state index is 12.1. The van der Waals surface area contributed by atoms with Crippen molar-refractivity contribution in [3.05, 3.63) is 29.8 Å². The quantitative estimate of drug-likeness (QED) is 0.839. The number of benzene rings is 1. The number of ether oxygens (including phenoxy) is 1. The first kappa shape index (κ1) is 15.3. The number of carbonyl (C=O) groups is 2. The number of amides is 2. The van der Waals surface area contributed by atoms with Crippen LogP contribution in [-0.2, 0) is 4.79 Å². The average Bonchev–Trinajstić information content (AvgIpc) is 2.47. The van der Waals surface area contributed by atoms with Gasteiger partial charge in [-0.25, -0.2) is 0 Å². The molecule has 1 fully saturated rings. The van der Waals surface area contributed by atoms with Crippen molar-refractivity contribution >= 4 is 11.8 Å². The number of hydrogen-bond donors (Lipinski definition) is 2. The number of para-hydroxylation sites is 1. The maximum Gasteiger partial charge on any atom is 0.260 e. The van der Waals surface area contributed by atoms with Crippen LogP contribution >= 0.6 is 0 Å². The predicted octanol–water partition coefficient (Wildman–Crippen LogP) is 0.394. The van der Waals surface area contributed by atoms with Crippen LogP contribution in [0.5, 0.6) is 5.75 Å². The first-order chi connectivity index (χ1) is 9.99. The predicted molar refractivity (Wildman–Crippen MR) is 76.8 cm³/mol. The number of nitrogens with zero attached hydrogens (tertiary/aromatic N) is 1. The number of primary amides is 1. The highest BCUT2D eigenvalue weighted by molar-refractivity contribution is 5.95. The molecule has 2 amide bonds. The molecule has 1 saturated heterocycles. The molecule has 0 radical (unpaired) electrons. The summed E-state index contributed by atoms with van der Waals surface area (Å²) >= 11 is 0. The molecular formula is C15H20N2O4. The van der Waals surface area contributed by atoms with E-state index in [4.69, 9.17) is 10.5 Å². The van der Waals surface area contributed by atoms with Gasteiger partial charge in [-0.05, 0) is 24.5 Å². The molecule has 1 aromatic rings. The Hall–Kier alpha value is -2.08. The lowest BCUT2D eigenvalue weighted by Crippen LogP contribution is -2.46. The molecule has 2 unspecified atom stereocenters. The average molecular weight is 292 g/mol. The third kappa shape index (κ3) is 3.72. The second kappa shape index (κ2) is 6.58. The number of aliphatic hydroxyl groups is 1. The molecule has 1 aliphatic heterocycles. The lowest BCUT2D eigenvalue weighted by molar-refractivity contribution is -0.136. The van der Waals surface area contributed by atoms with Crippen molar-refractivity contribution in [1.82, 2.24) is 4.90 Å². The van der Waals surface area contributed by atoms with Crippen LogP contribution < -0.4 is 10.5 Å². The summed E-state index contributed by atoms with van der Waals surface area (Å²) in [6.07, 6.45) is 0.218. The molecule has 1 aromatic carbocycles. The molecule has 1 aliphatic rings. The molecular weight excluding hydrogens is 272 g/mol. The lowest BCUT2D eigenvalue weighted by Gasteiger charge is -2.34. The largest absolute Gasteiger partial charge is 0.483 e. The number of likely N-dealkylation sites (tertiary alicyclic amines) is 1. The van der Waals surface area contributed by atoms with E-state index in [1.165, 1.54) is 0 Å². The van der Waals surface area contributed by atoms with Crippen molar-refractivity contribution in [2.24, 2.45) is 11.7 Å². The SMILES string of the molecule is CC1CN(C(=O)COc2ccccc2C(N)=O)CCC1O. The smallest absolute Gasteiger partial charge is 0.260 e. The molecule has 3 N–H and O–H groups in total. The van der Waals surface area contributed by atoms with Crippen LogP contribution in [0, 0.1) is 5.92 Å². The zero-order valence-corrected chi connectivity index (χ0v) is 12.0. The number of piperidine rings is 1. The molecule has 0 spiro atoms. The van der Waals surface area contributed by atoms with E-state index in [-0.39, 0.29) is 30.1 Å². The van der Waals surface area contributed by atoms with E-state index in [1.807, 2.05) is 6.92 Å². The van der Waals surface area contributed by atoms with Crippen molar-refractivity contribution in [3.8, 4) is 5.75 Å². The standard InChI is InChI=1S/C15H20N2O4/c1-10-8-17(7-6-12(10)18)14(19)9-21-13-5-3-2-4-11(13)15(16)20/h2-5,10,12,18H,6-9H2,1H3,(H2,16,20). The van der Waals surface area contributed by atoms with Crippen LogP contribution in [0.2, 0.25) is 0 Å². The van der Waals surface area contributed by atoms with Gasteiger partial charge in [0.1, 0.15) is 5.75 Å². The Kier molecular flexibility index (Phi) is 4.80. The zero-order chi connectivity index (χ0) is 15.4. The Bertz CT molecular complexity index is 532. The van der Waals surface area contributed by atoms with Crippen molar-refractivity contribution in [2.75, 3.05) is 19.7 Å². The van der Waals surface area contributed by atoms with Gasteiger partial charge in [0.05, 0.1) is 11.7 Å². The summed E-state index contributed by atoms with van der Waals surface area (Å²) in [7, 11) is 0. The van der Waals surface area contributed by atoms with Gasteiger partial charge < -0.3 is 20.5 Å². The summed E-state index contributed by atoms with van der Waals surface area (Å²) in [6.45, 7) is 2.80. The molecule has 21 heavy (non-hydrogen) atoms. The van der Waals surface area contributed by atoms with E-state index in [1.54, 1.807) is 29.2 Å². The Morgan fingerprint density at radius 2 is 2.14 bits per heavy atom.